The Labute approximate surface area is 159 Å². The van der Waals surface area contributed by atoms with E-state index in [1.165, 1.54) is 18.2 Å². The lowest BCUT2D eigenvalue weighted by molar-refractivity contribution is 0.100. The van der Waals surface area contributed by atoms with Crippen LogP contribution in [0.2, 0.25) is 0 Å². The van der Waals surface area contributed by atoms with Gasteiger partial charge in [0.05, 0.1) is 16.8 Å². The van der Waals surface area contributed by atoms with Gasteiger partial charge in [0.2, 0.25) is 5.91 Å². The molecule has 28 heavy (non-hydrogen) atoms. The molecule has 0 spiro atoms. The van der Waals surface area contributed by atoms with E-state index in [0.29, 0.717) is 16.5 Å². The van der Waals surface area contributed by atoms with E-state index in [1.54, 1.807) is 12.1 Å². The van der Waals surface area contributed by atoms with Crippen LogP contribution >= 0.6 is 0 Å². The summed E-state index contributed by atoms with van der Waals surface area (Å²) in [6.45, 7) is 0. The Balaban J connectivity index is 2.07. The zero-order chi connectivity index (χ0) is 19.7. The third-order valence-corrected chi connectivity index (χ3v) is 4.44. The number of carbonyl (C=O) groups is 1. The lowest BCUT2D eigenvalue weighted by Gasteiger charge is -2.12. The first-order valence-corrected chi connectivity index (χ1v) is 8.45. The van der Waals surface area contributed by atoms with Crippen LogP contribution in [0.25, 0.3) is 27.7 Å². The topological polar surface area (TPSA) is 107 Å². The van der Waals surface area contributed by atoms with Gasteiger partial charge < -0.3 is 5.73 Å². The molecule has 7 heteroatoms. The summed E-state index contributed by atoms with van der Waals surface area (Å²) in [6, 6.07) is 20.7. The SMILES string of the molecule is NC(=O)c1ccc(-n2nc(-c3ccccc3)c3ccccc3c2=O)c(N=O)c1. The van der Waals surface area contributed by atoms with Crippen molar-refractivity contribution in [2.24, 2.45) is 10.9 Å². The second-order valence-electron chi connectivity index (χ2n) is 6.14. The number of rotatable bonds is 4. The summed E-state index contributed by atoms with van der Waals surface area (Å²) < 4.78 is 1.13. The van der Waals surface area contributed by atoms with Crippen LogP contribution in [0.4, 0.5) is 5.69 Å². The molecule has 0 unspecified atom stereocenters. The van der Waals surface area contributed by atoms with Gasteiger partial charge in [-0.25, -0.2) is 0 Å². The second-order valence-corrected chi connectivity index (χ2v) is 6.14. The third-order valence-electron chi connectivity index (χ3n) is 4.44. The molecule has 0 fully saturated rings. The summed E-state index contributed by atoms with van der Waals surface area (Å²) >= 11 is 0. The molecule has 0 radical (unpaired) electrons. The van der Waals surface area contributed by atoms with E-state index < -0.39 is 11.5 Å². The van der Waals surface area contributed by atoms with Gasteiger partial charge in [-0.3, -0.25) is 9.59 Å². The molecule has 2 N–H and O–H groups in total. The summed E-state index contributed by atoms with van der Waals surface area (Å²) in [5.74, 6) is -0.694. The number of nitrogens with zero attached hydrogens (tertiary/aromatic N) is 3. The number of primary amides is 1. The van der Waals surface area contributed by atoms with Crippen LogP contribution < -0.4 is 11.3 Å². The van der Waals surface area contributed by atoms with Crippen molar-refractivity contribution in [2.45, 2.75) is 0 Å². The van der Waals surface area contributed by atoms with Crippen LogP contribution in [-0.2, 0) is 0 Å². The Bertz CT molecular complexity index is 1280. The number of nitroso groups, excluding NO2 is 1. The summed E-state index contributed by atoms with van der Waals surface area (Å²) in [4.78, 5) is 35.8. The lowest BCUT2D eigenvalue weighted by atomic mass is 10.0. The Morgan fingerprint density at radius 2 is 1.61 bits per heavy atom. The van der Waals surface area contributed by atoms with Crippen molar-refractivity contribution < 1.29 is 4.79 Å². The summed E-state index contributed by atoms with van der Waals surface area (Å²) in [5.41, 5.74) is 6.48. The molecule has 3 aromatic carbocycles. The van der Waals surface area contributed by atoms with Crippen molar-refractivity contribution in [1.82, 2.24) is 9.78 Å². The van der Waals surface area contributed by atoms with Gasteiger partial charge in [0.15, 0.2) is 0 Å². The highest BCUT2D eigenvalue weighted by Crippen LogP contribution is 2.28. The first kappa shape index (κ1) is 17.3. The number of aromatic nitrogens is 2. The van der Waals surface area contributed by atoms with E-state index in [4.69, 9.17) is 5.73 Å². The monoisotopic (exact) mass is 370 g/mol. The van der Waals surface area contributed by atoms with Gasteiger partial charge in [-0.2, -0.15) is 9.78 Å². The van der Waals surface area contributed by atoms with Gasteiger partial charge in [0.25, 0.3) is 5.56 Å². The van der Waals surface area contributed by atoms with Crippen molar-refractivity contribution in [3.63, 3.8) is 0 Å². The summed E-state index contributed by atoms with van der Waals surface area (Å²) in [6.07, 6.45) is 0. The predicted molar refractivity (Wildman–Crippen MR) is 107 cm³/mol. The maximum atomic E-state index is 13.1. The van der Waals surface area contributed by atoms with Crippen LogP contribution in [-0.4, -0.2) is 15.7 Å². The third kappa shape index (κ3) is 2.84. The molecule has 0 bridgehead atoms. The van der Waals surface area contributed by atoms with E-state index in [1.807, 2.05) is 42.5 Å². The highest BCUT2D eigenvalue weighted by Gasteiger charge is 2.16. The normalized spacial score (nSPS) is 10.7. The van der Waals surface area contributed by atoms with Crippen LogP contribution in [0.15, 0.2) is 82.8 Å². The first-order chi connectivity index (χ1) is 13.6. The van der Waals surface area contributed by atoms with Crippen molar-refractivity contribution >= 4 is 22.4 Å². The fraction of sp³-hybridized carbons (Fsp3) is 0. The van der Waals surface area contributed by atoms with Crippen LogP contribution in [0.3, 0.4) is 0 Å². The minimum absolute atomic E-state index is 0.0970. The maximum Gasteiger partial charge on any atom is 0.279 e. The summed E-state index contributed by atoms with van der Waals surface area (Å²) in [7, 11) is 0. The van der Waals surface area contributed by atoms with Crippen LogP contribution in [0, 0.1) is 4.91 Å². The highest BCUT2D eigenvalue weighted by molar-refractivity contribution is 5.95. The Morgan fingerprint density at radius 1 is 0.929 bits per heavy atom. The average Bonchev–Trinajstić information content (AvgIpc) is 2.74. The Hall–Kier alpha value is -4.13. The van der Waals surface area contributed by atoms with Gasteiger partial charge in [-0.1, -0.05) is 48.5 Å². The minimum Gasteiger partial charge on any atom is -0.366 e. The minimum atomic E-state index is -0.694. The van der Waals surface area contributed by atoms with Crippen molar-refractivity contribution in [3.05, 3.63) is 93.6 Å². The molecule has 0 saturated heterocycles. The number of benzene rings is 3. The number of hydrogen-bond acceptors (Lipinski definition) is 5. The molecule has 0 atom stereocenters. The zero-order valence-corrected chi connectivity index (χ0v) is 14.6. The van der Waals surface area contributed by atoms with Crippen LogP contribution in [0.5, 0.6) is 0 Å². The molecule has 136 valence electrons. The zero-order valence-electron chi connectivity index (χ0n) is 14.6. The number of nitrogens with two attached hydrogens (primary N) is 1. The molecule has 4 aromatic rings. The Morgan fingerprint density at radius 3 is 2.29 bits per heavy atom. The summed E-state index contributed by atoms with van der Waals surface area (Å²) in [5, 5.41) is 8.62. The standard InChI is InChI=1S/C21H14N4O3/c22-20(26)14-10-11-18(17(12-14)24-28)25-21(27)16-9-5-4-8-15(16)19(23-25)13-6-2-1-3-7-13/h1-12H,(H2,22,26). The van der Waals surface area contributed by atoms with E-state index in [-0.39, 0.29) is 16.9 Å². The molecule has 1 heterocycles. The fourth-order valence-corrected chi connectivity index (χ4v) is 3.09. The Kier molecular flexibility index (Phi) is 4.25. The molecular weight excluding hydrogens is 356 g/mol. The molecule has 0 aliphatic rings. The van der Waals surface area contributed by atoms with E-state index in [2.05, 4.69) is 10.3 Å². The van der Waals surface area contributed by atoms with Gasteiger partial charge in [-0.15, -0.1) is 4.91 Å². The van der Waals surface area contributed by atoms with Gasteiger partial charge in [0, 0.05) is 16.5 Å². The van der Waals surface area contributed by atoms with Crippen molar-refractivity contribution in [2.75, 3.05) is 0 Å². The number of fused-ring (bicyclic) bond motifs is 1. The molecule has 7 nitrogen and oxygen atoms in total. The maximum absolute atomic E-state index is 13.1. The van der Waals surface area contributed by atoms with E-state index >= 15 is 0 Å². The molecule has 0 aliphatic carbocycles. The highest BCUT2D eigenvalue weighted by atomic mass is 16.3. The van der Waals surface area contributed by atoms with Crippen molar-refractivity contribution in [1.29, 1.82) is 0 Å². The second kappa shape index (κ2) is 6.88. The van der Waals surface area contributed by atoms with E-state index in [0.717, 1.165) is 10.2 Å². The molecular formula is C21H14N4O3. The molecule has 4 rings (SSSR count). The van der Waals surface area contributed by atoms with Gasteiger partial charge >= 0.3 is 0 Å². The fourth-order valence-electron chi connectivity index (χ4n) is 3.09. The van der Waals surface area contributed by atoms with Gasteiger partial charge in [-0.05, 0) is 29.4 Å². The lowest BCUT2D eigenvalue weighted by Crippen LogP contribution is -2.22. The number of hydrogen-bond donors (Lipinski definition) is 1. The number of amides is 1. The molecule has 0 saturated carbocycles. The first-order valence-electron chi connectivity index (χ1n) is 8.45. The average molecular weight is 370 g/mol. The molecule has 1 aromatic heterocycles. The molecule has 1 amide bonds. The smallest absolute Gasteiger partial charge is 0.279 e. The quantitative estimate of drug-likeness (QED) is 0.554. The van der Waals surface area contributed by atoms with Gasteiger partial charge in [0.1, 0.15) is 5.69 Å². The largest absolute Gasteiger partial charge is 0.366 e. The predicted octanol–water partition coefficient (Wildman–Crippen LogP) is 3.55. The number of carbonyl (C=O) groups excluding carboxylic acids is 1. The van der Waals surface area contributed by atoms with Crippen LogP contribution in [0.1, 0.15) is 10.4 Å². The van der Waals surface area contributed by atoms with Crippen molar-refractivity contribution in [3.8, 4) is 16.9 Å². The van der Waals surface area contributed by atoms with E-state index in [9.17, 15) is 14.5 Å². The molecule has 0 aliphatic heterocycles.